The van der Waals surface area contributed by atoms with Crippen LogP contribution in [0.4, 0.5) is 22.0 Å². The third-order valence-corrected chi connectivity index (χ3v) is 2.15. The summed E-state index contributed by atoms with van der Waals surface area (Å²) in [5, 5.41) is 17.9. The molecule has 0 aliphatic rings. The van der Waals surface area contributed by atoms with Gasteiger partial charge in [-0.05, 0) is 0 Å². The van der Waals surface area contributed by atoms with Crippen LogP contribution >= 0.6 is 0 Å². The maximum Gasteiger partial charge on any atom is 0.200 e. The molecule has 0 amide bonds. The first kappa shape index (κ1) is 14.6. The lowest BCUT2D eigenvalue weighted by atomic mass is 10.0. The maximum atomic E-state index is 13.3. The number of carbonyl (C=O) groups excluding carboxylic acids is 1. The van der Waals surface area contributed by atoms with Gasteiger partial charge in [0, 0.05) is 6.92 Å². The van der Waals surface area contributed by atoms with Gasteiger partial charge in [0.15, 0.2) is 29.1 Å². The predicted octanol–water partition coefficient (Wildman–Crippen LogP) is 2.76. The van der Waals surface area contributed by atoms with E-state index in [4.69, 9.17) is 5.26 Å². The van der Waals surface area contributed by atoms with Crippen LogP contribution in [0.1, 0.15) is 12.5 Å². The Morgan fingerprint density at radius 2 is 1.37 bits per heavy atom. The van der Waals surface area contributed by atoms with E-state index >= 15 is 0 Å². The maximum absolute atomic E-state index is 13.3. The average molecular weight is 277 g/mol. The van der Waals surface area contributed by atoms with E-state index in [0.717, 1.165) is 13.0 Å². The molecule has 0 aliphatic heterocycles. The van der Waals surface area contributed by atoms with Gasteiger partial charge in [-0.15, -0.1) is 0 Å². The third-order valence-electron chi connectivity index (χ3n) is 2.15. The molecule has 0 saturated heterocycles. The first-order valence-corrected chi connectivity index (χ1v) is 4.60. The van der Waals surface area contributed by atoms with Crippen LogP contribution in [-0.2, 0) is 4.79 Å². The number of halogens is 5. The summed E-state index contributed by atoms with van der Waals surface area (Å²) in [6, 6.07) is 1.12. The fourth-order valence-electron chi connectivity index (χ4n) is 1.24. The van der Waals surface area contributed by atoms with Crippen molar-refractivity contribution >= 4 is 11.5 Å². The van der Waals surface area contributed by atoms with Gasteiger partial charge >= 0.3 is 0 Å². The van der Waals surface area contributed by atoms with Crippen LogP contribution < -0.4 is 0 Å². The molecule has 0 aliphatic carbocycles. The number of Topliss-reactive ketones (excluding diaryl/α,β-unsaturated/α-hetero) is 1. The molecule has 1 aromatic carbocycles. The summed E-state index contributed by atoms with van der Waals surface area (Å²) < 4.78 is 65.0. The van der Waals surface area contributed by atoms with Gasteiger partial charge in [-0.2, -0.15) is 5.26 Å². The van der Waals surface area contributed by atoms with Crippen molar-refractivity contribution in [3.8, 4) is 6.07 Å². The fraction of sp³-hybridized carbons (Fsp3) is 0.0909. The van der Waals surface area contributed by atoms with E-state index in [1.54, 1.807) is 0 Å². The Kier molecular flexibility index (Phi) is 3.89. The molecule has 0 spiro atoms. The first-order valence-electron chi connectivity index (χ1n) is 4.60. The lowest BCUT2D eigenvalue weighted by Gasteiger charge is -2.08. The Labute approximate surface area is 103 Å². The van der Waals surface area contributed by atoms with Gasteiger partial charge in [0.25, 0.3) is 0 Å². The van der Waals surface area contributed by atoms with Crippen molar-refractivity contribution in [2.75, 3.05) is 0 Å². The summed E-state index contributed by atoms with van der Waals surface area (Å²) in [7, 11) is 0. The summed E-state index contributed by atoms with van der Waals surface area (Å²) in [6.45, 7) is 0.779. The van der Waals surface area contributed by atoms with Gasteiger partial charge in [0.05, 0.1) is 5.56 Å². The quantitative estimate of drug-likeness (QED) is 0.226. The van der Waals surface area contributed by atoms with Gasteiger partial charge in [0.2, 0.25) is 5.82 Å². The van der Waals surface area contributed by atoms with Crippen molar-refractivity contribution in [1.82, 2.24) is 0 Å². The average Bonchev–Trinajstić information content (AvgIpc) is 2.34. The van der Waals surface area contributed by atoms with Crippen molar-refractivity contribution in [3.63, 3.8) is 0 Å². The van der Waals surface area contributed by atoms with E-state index in [1.807, 2.05) is 0 Å². The van der Waals surface area contributed by atoms with Gasteiger partial charge in [-0.25, -0.2) is 22.0 Å². The second kappa shape index (κ2) is 5.06. The normalized spacial score (nSPS) is 11.8. The molecular weight excluding hydrogens is 273 g/mol. The predicted molar refractivity (Wildman–Crippen MR) is 52.1 cm³/mol. The molecule has 1 rings (SSSR count). The van der Waals surface area contributed by atoms with Crippen molar-refractivity contribution in [3.05, 3.63) is 40.2 Å². The Morgan fingerprint density at radius 1 is 1.00 bits per heavy atom. The minimum Gasteiger partial charge on any atom is -0.506 e. The van der Waals surface area contributed by atoms with Crippen LogP contribution in [0.2, 0.25) is 0 Å². The molecule has 8 heteroatoms. The van der Waals surface area contributed by atoms with E-state index in [-0.39, 0.29) is 0 Å². The second-order valence-corrected chi connectivity index (χ2v) is 3.34. The molecule has 1 N–H and O–H groups in total. The van der Waals surface area contributed by atoms with E-state index in [1.165, 1.54) is 0 Å². The Bertz CT molecular complexity index is 616. The van der Waals surface area contributed by atoms with Crippen molar-refractivity contribution < 1.29 is 31.9 Å². The zero-order valence-corrected chi connectivity index (χ0v) is 9.19. The molecule has 0 fully saturated rings. The zero-order valence-electron chi connectivity index (χ0n) is 9.19. The number of rotatable bonds is 2. The van der Waals surface area contributed by atoms with Gasteiger partial charge in [-0.1, -0.05) is 0 Å². The summed E-state index contributed by atoms with van der Waals surface area (Å²) in [5.74, 6) is -14.4. The molecule has 0 heterocycles. The largest absolute Gasteiger partial charge is 0.506 e. The van der Waals surface area contributed by atoms with Crippen LogP contribution in [0, 0.1) is 40.4 Å². The molecule has 0 unspecified atom stereocenters. The lowest BCUT2D eigenvalue weighted by Crippen LogP contribution is -2.09. The van der Waals surface area contributed by atoms with Crippen molar-refractivity contribution in [2.45, 2.75) is 6.92 Å². The van der Waals surface area contributed by atoms with Gasteiger partial charge < -0.3 is 5.11 Å². The molecule has 19 heavy (non-hydrogen) atoms. The van der Waals surface area contributed by atoms with E-state index in [2.05, 4.69) is 0 Å². The topological polar surface area (TPSA) is 61.1 Å². The number of ketones is 1. The monoisotopic (exact) mass is 277 g/mol. The Balaban J connectivity index is 3.81. The summed E-state index contributed by atoms with van der Waals surface area (Å²) in [4.78, 5) is 10.9. The highest BCUT2D eigenvalue weighted by atomic mass is 19.2. The van der Waals surface area contributed by atoms with Crippen LogP contribution in [-0.4, -0.2) is 10.9 Å². The molecule has 0 radical (unpaired) electrons. The van der Waals surface area contributed by atoms with Crippen LogP contribution in [0.5, 0.6) is 0 Å². The zero-order chi connectivity index (χ0) is 14.9. The Hall–Kier alpha value is -2.43. The van der Waals surface area contributed by atoms with E-state index in [0.29, 0.717) is 0 Å². The number of aliphatic hydroxyl groups excluding tert-OH is 1. The highest BCUT2D eigenvalue weighted by Crippen LogP contribution is 2.28. The highest BCUT2D eigenvalue weighted by molar-refractivity contribution is 6.03. The summed E-state index contributed by atoms with van der Waals surface area (Å²) >= 11 is 0. The SMILES string of the molecule is CC(=O)C(C#N)=C(O)c1c(F)c(F)c(F)c(F)c1F. The smallest absolute Gasteiger partial charge is 0.200 e. The number of allylic oxidation sites excluding steroid dienone is 1. The standard InChI is InChI=1S/C11H4F5NO2/c1-3(18)4(2-17)11(19)5-6(12)8(14)10(16)9(15)7(5)13/h19H,1H3. The van der Waals surface area contributed by atoms with Crippen LogP contribution in [0.25, 0.3) is 5.76 Å². The first-order chi connectivity index (χ1) is 8.73. The van der Waals surface area contributed by atoms with Crippen molar-refractivity contribution in [1.29, 1.82) is 5.26 Å². The lowest BCUT2D eigenvalue weighted by molar-refractivity contribution is -0.113. The Morgan fingerprint density at radius 3 is 1.68 bits per heavy atom. The minimum atomic E-state index is -2.41. The van der Waals surface area contributed by atoms with Crippen LogP contribution in [0.3, 0.4) is 0 Å². The third kappa shape index (κ3) is 2.27. The van der Waals surface area contributed by atoms with Gasteiger partial charge in [0.1, 0.15) is 17.4 Å². The minimum absolute atomic E-state index is 0.779. The molecule has 0 saturated carbocycles. The molecule has 3 nitrogen and oxygen atoms in total. The highest BCUT2D eigenvalue weighted by Gasteiger charge is 2.29. The summed E-state index contributed by atoms with van der Waals surface area (Å²) in [6.07, 6.45) is 0. The fourth-order valence-corrected chi connectivity index (χ4v) is 1.24. The molecule has 0 atom stereocenters. The molecule has 100 valence electrons. The number of nitrogens with zero attached hydrogens (tertiary/aromatic N) is 1. The molecular formula is C11H4F5NO2. The molecule has 0 aromatic heterocycles. The molecule has 1 aromatic rings. The van der Waals surface area contributed by atoms with E-state index < -0.39 is 51.8 Å². The number of aliphatic hydroxyl groups is 1. The molecule has 0 bridgehead atoms. The number of nitriles is 1. The van der Waals surface area contributed by atoms with Gasteiger partial charge in [-0.3, -0.25) is 4.79 Å². The van der Waals surface area contributed by atoms with Crippen molar-refractivity contribution in [2.24, 2.45) is 0 Å². The van der Waals surface area contributed by atoms with Crippen LogP contribution in [0.15, 0.2) is 5.57 Å². The number of hydrogen-bond donors (Lipinski definition) is 1. The van der Waals surface area contributed by atoms with E-state index in [9.17, 15) is 31.9 Å². The number of benzene rings is 1. The number of hydrogen-bond acceptors (Lipinski definition) is 3. The second-order valence-electron chi connectivity index (χ2n) is 3.34. The summed E-state index contributed by atoms with van der Waals surface area (Å²) in [5.41, 5.74) is -2.84. The number of carbonyl (C=O) groups is 1.